The third kappa shape index (κ3) is 3.04. The van der Waals surface area contributed by atoms with Gasteiger partial charge in [0.2, 0.25) is 11.8 Å². The lowest BCUT2D eigenvalue weighted by molar-refractivity contribution is -0.147. The number of anilines is 1. The van der Waals surface area contributed by atoms with Crippen molar-refractivity contribution in [2.75, 3.05) is 5.32 Å². The Morgan fingerprint density at radius 3 is 2.37 bits per heavy atom. The van der Waals surface area contributed by atoms with Gasteiger partial charge in [0, 0.05) is 5.41 Å². The molecular formula is C21H25N3O2S. The third-order valence-corrected chi connectivity index (χ3v) is 7.74. The number of para-hydroxylation sites is 1. The number of hydrogen-bond acceptors (Lipinski definition) is 4. The fourth-order valence-corrected chi connectivity index (χ4v) is 6.81. The molecule has 0 spiro atoms. The number of benzene rings is 1. The molecule has 6 heteroatoms. The Hall–Kier alpha value is -1.95. The predicted octanol–water partition coefficient (Wildman–Crippen LogP) is 3.96. The minimum Gasteiger partial charge on any atom is -0.344 e. The molecule has 0 radical (unpaired) electrons. The maximum absolute atomic E-state index is 13.1. The first-order valence-electron chi connectivity index (χ1n) is 9.98. The minimum atomic E-state index is -0.558. The Morgan fingerprint density at radius 1 is 1.11 bits per heavy atom. The maximum atomic E-state index is 13.1. The van der Waals surface area contributed by atoms with Crippen molar-refractivity contribution in [1.82, 2.24) is 10.3 Å². The molecule has 4 aliphatic rings. The van der Waals surface area contributed by atoms with Gasteiger partial charge < -0.3 is 10.6 Å². The van der Waals surface area contributed by atoms with Crippen LogP contribution in [-0.2, 0) is 9.59 Å². The zero-order chi connectivity index (χ0) is 18.6. The van der Waals surface area contributed by atoms with Crippen LogP contribution in [-0.4, -0.2) is 22.8 Å². The van der Waals surface area contributed by atoms with E-state index >= 15 is 0 Å². The van der Waals surface area contributed by atoms with Crippen molar-refractivity contribution in [1.29, 1.82) is 0 Å². The predicted molar refractivity (Wildman–Crippen MR) is 106 cm³/mol. The van der Waals surface area contributed by atoms with Gasteiger partial charge in [0.1, 0.15) is 6.04 Å². The number of carbonyl (C=O) groups excluding carboxylic acids is 2. The van der Waals surface area contributed by atoms with E-state index in [0.717, 1.165) is 29.5 Å². The summed E-state index contributed by atoms with van der Waals surface area (Å²) >= 11 is 1.45. The molecular weight excluding hydrogens is 358 g/mol. The van der Waals surface area contributed by atoms with Gasteiger partial charge in [0.15, 0.2) is 5.13 Å². The molecule has 0 unspecified atom stereocenters. The quantitative estimate of drug-likeness (QED) is 0.840. The van der Waals surface area contributed by atoms with E-state index in [1.807, 2.05) is 24.3 Å². The molecule has 1 heterocycles. The van der Waals surface area contributed by atoms with Gasteiger partial charge in [0.25, 0.3) is 0 Å². The molecule has 4 aliphatic carbocycles. The summed E-state index contributed by atoms with van der Waals surface area (Å²) in [6.07, 6.45) is 6.95. The zero-order valence-corrected chi connectivity index (χ0v) is 16.3. The topological polar surface area (TPSA) is 71.1 Å². The van der Waals surface area contributed by atoms with E-state index < -0.39 is 6.04 Å². The maximum Gasteiger partial charge on any atom is 0.248 e. The van der Waals surface area contributed by atoms with Crippen molar-refractivity contribution in [2.24, 2.45) is 23.2 Å². The highest BCUT2D eigenvalue weighted by Crippen LogP contribution is 2.60. The number of thiazole rings is 1. The molecule has 5 nitrogen and oxygen atoms in total. The van der Waals surface area contributed by atoms with Crippen LogP contribution in [0.4, 0.5) is 5.13 Å². The molecule has 6 rings (SSSR count). The van der Waals surface area contributed by atoms with Gasteiger partial charge in [-0.3, -0.25) is 9.59 Å². The van der Waals surface area contributed by atoms with Crippen molar-refractivity contribution in [3.05, 3.63) is 24.3 Å². The van der Waals surface area contributed by atoms with E-state index in [0.29, 0.717) is 22.9 Å². The monoisotopic (exact) mass is 383 g/mol. The number of amides is 2. The Morgan fingerprint density at radius 2 is 1.74 bits per heavy atom. The first kappa shape index (κ1) is 17.2. The van der Waals surface area contributed by atoms with Gasteiger partial charge in [-0.2, -0.15) is 0 Å². The molecule has 0 saturated heterocycles. The average molecular weight is 384 g/mol. The summed E-state index contributed by atoms with van der Waals surface area (Å²) in [6.45, 7) is 1.76. The zero-order valence-electron chi connectivity index (χ0n) is 15.5. The Kier molecular flexibility index (Phi) is 4.00. The van der Waals surface area contributed by atoms with Gasteiger partial charge in [0.05, 0.1) is 10.2 Å². The lowest BCUT2D eigenvalue weighted by atomic mass is 9.49. The molecule has 4 saturated carbocycles. The van der Waals surface area contributed by atoms with Crippen molar-refractivity contribution in [3.8, 4) is 0 Å². The lowest BCUT2D eigenvalue weighted by Crippen LogP contribution is -2.56. The van der Waals surface area contributed by atoms with Crippen LogP contribution in [0.15, 0.2) is 24.3 Å². The fourth-order valence-electron chi connectivity index (χ4n) is 5.94. The van der Waals surface area contributed by atoms with E-state index in [9.17, 15) is 9.59 Å². The molecule has 4 bridgehead atoms. The Balaban J connectivity index is 1.25. The number of aromatic nitrogens is 1. The van der Waals surface area contributed by atoms with Crippen LogP contribution in [0.2, 0.25) is 0 Å². The van der Waals surface area contributed by atoms with E-state index in [-0.39, 0.29) is 17.2 Å². The van der Waals surface area contributed by atoms with Crippen LogP contribution in [0.25, 0.3) is 10.2 Å². The van der Waals surface area contributed by atoms with Crippen LogP contribution >= 0.6 is 11.3 Å². The molecule has 2 aromatic rings. The van der Waals surface area contributed by atoms with Crippen LogP contribution in [0, 0.1) is 23.2 Å². The van der Waals surface area contributed by atoms with E-state index in [1.54, 1.807) is 6.92 Å². The van der Waals surface area contributed by atoms with Crippen molar-refractivity contribution >= 4 is 38.5 Å². The van der Waals surface area contributed by atoms with Gasteiger partial charge in [-0.1, -0.05) is 23.5 Å². The van der Waals surface area contributed by atoms with Gasteiger partial charge in [-0.15, -0.1) is 0 Å². The highest BCUT2D eigenvalue weighted by molar-refractivity contribution is 7.22. The second-order valence-corrected chi connectivity index (χ2v) is 9.90. The Bertz CT molecular complexity index is 837. The summed E-state index contributed by atoms with van der Waals surface area (Å²) in [4.78, 5) is 30.1. The second-order valence-electron chi connectivity index (χ2n) is 8.87. The van der Waals surface area contributed by atoms with Crippen molar-refractivity contribution in [3.63, 3.8) is 0 Å². The number of nitrogens with zero attached hydrogens (tertiary/aromatic N) is 1. The number of hydrogen-bond donors (Lipinski definition) is 2. The highest BCUT2D eigenvalue weighted by Gasteiger charge is 2.54. The molecule has 0 aliphatic heterocycles. The summed E-state index contributed by atoms with van der Waals surface area (Å²) in [5.74, 6) is 2.04. The second kappa shape index (κ2) is 6.30. The normalized spacial score (nSPS) is 32.4. The number of fused-ring (bicyclic) bond motifs is 1. The summed E-state index contributed by atoms with van der Waals surface area (Å²) in [5, 5.41) is 6.46. The van der Waals surface area contributed by atoms with Crippen molar-refractivity contribution in [2.45, 2.75) is 51.5 Å². The summed E-state index contributed by atoms with van der Waals surface area (Å²) in [7, 11) is 0. The highest BCUT2D eigenvalue weighted by atomic mass is 32.1. The first-order chi connectivity index (χ1) is 13.0. The van der Waals surface area contributed by atoms with Crippen LogP contribution in [0.3, 0.4) is 0 Å². The number of nitrogens with one attached hydrogen (secondary N) is 2. The standard InChI is InChI=1S/C21H25N3O2S/c1-12(18(25)24-20-23-16-4-2-3-5-17(16)27-20)22-19(26)21-9-13-6-14(10-21)8-15(7-13)11-21/h2-5,12-15H,6-11H2,1H3,(H,22,26)(H,23,24,25)/t12-,13?,14?,15?,21?/m0/s1. The Labute approximate surface area is 162 Å². The third-order valence-electron chi connectivity index (χ3n) is 6.78. The molecule has 142 valence electrons. The fraction of sp³-hybridized carbons (Fsp3) is 0.571. The molecule has 2 N–H and O–H groups in total. The van der Waals surface area contributed by atoms with Crippen molar-refractivity contribution < 1.29 is 9.59 Å². The van der Waals surface area contributed by atoms with E-state index in [1.165, 1.54) is 30.6 Å². The van der Waals surface area contributed by atoms with Crippen LogP contribution in [0.1, 0.15) is 45.4 Å². The van der Waals surface area contributed by atoms with Crippen LogP contribution < -0.4 is 10.6 Å². The van der Waals surface area contributed by atoms with Gasteiger partial charge in [-0.25, -0.2) is 4.98 Å². The summed E-state index contributed by atoms with van der Waals surface area (Å²) < 4.78 is 1.04. The minimum absolute atomic E-state index is 0.0912. The summed E-state index contributed by atoms with van der Waals surface area (Å²) in [6, 6.07) is 7.25. The van der Waals surface area contributed by atoms with E-state index in [2.05, 4.69) is 15.6 Å². The molecule has 1 aromatic heterocycles. The van der Waals surface area contributed by atoms with Gasteiger partial charge >= 0.3 is 0 Å². The summed E-state index contributed by atoms with van der Waals surface area (Å²) in [5.41, 5.74) is 0.655. The molecule has 2 amide bonds. The molecule has 1 aromatic carbocycles. The molecule has 1 atom stereocenters. The number of carbonyl (C=O) groups is 2. The lowest BCUT2D eigenvalue weighted by Gasteiger charge is -2.55. The smallest absolute Gasteiger partial charge is 0.248 e. The van der Waals surface area contributed by atoms with E-state index in [4.69, 9.17) is 0 Å². The van der Waals surface area contributed by atoms with Gasteiger partial charge in [-0.05, 0) is 75.3 Å². The molecule has 4 fully saturated rings. The number of rotatable bonds is 4. The van der Waals surface area contributed by atoms with Crippen LogP contribution in [0.5, 0.6) is 0 Å². The average Bonchev–Trinajstić information content (AvgIpc) is 3.02. The SMILES string of the molecule is C[C@H](NC(=O)C12CC3CC(CC(C3)C1)C2)C(=O)Nc1nc2ccccc2s1. The first-order valence-corrected chi connectivity index (χ1v) is 10.8. The molecule has 27 heavy (non-hydrogen) atoms. The largest absolute Gasteiger partial charge is 0.344 e.